The van der Waals surface area contributed by atoms with Gasteiger partial charge in [0.25, 0.3) is 0 Å². The van der Waals surface area contributed by atoms with Gasteiger partial charge in [0.05, 0.1) is 18.0 Å². The number of aromatic nitrogens is 3. The first kappa shape index (κ1) is 23.2. The van der Waals surface area contributed by atoms with E-state index in [0.29, 0.717) is 29.8 Å². The Bertz CT molecular complexity index is 930. The van der Waals surface area contributed by atoms with Gasteiger partial charge in [-0.1, -0.05) is 18.7 Å². The molecule has 2 aromatic rings. The van der Waals surface area contributed by atoms with E-state index >= 15 is 0 Å². The van der Waals surface area contributed by atoms with Crippen LogP contribution in [0.25, 0.3) is 0 Å². The first-order chi connectivity index (χ1) is 13.8. The summed E-state index contributed by atoms with van der Waals surface area (Å²) in [5.41, 5.74) is 0.729. The maximum Gasteiger partial charge on any atom is 0.243 e. The van der Waals surface area contributed by atoms with Gasteiger partial charge in [-0.3, -0.25) is 9.89 Å². The van der Waals surface area contributed by atoms with Crippen LogP contribution in [0.4, 0.5) is 0 Å². The van der Waals surface area contributed by atoms with Crippen LogP contribution >= 0.6 is 11.8 Å². The molecule has 9 nitrogen and oxygen atoms in total. The Balaban J connectivity index is 1.93. The summed E-state index contributed by atoms with van der Waals surface area (Å²) >= 11 is 1.41. The quantitative estimate of drug-likeness (QED) is 0.403. The lowest BCUT2D eigenvalue weighted by atomic mass is 10.2. The third-order valence-corrected chi connectivity index (χ3v) is 6.75. The highest BCUT2D eigenvalue weighted by atomic mass is 32.2. The number of rotatable bonds is 11. The molecule has 0 saturated heterocycles. The topological polar surface area (TPSA) is 117 Å². The Hall–Kier alpha value is -2.11. The van der Waals surface area contributed by atoms with Crippen LogP contribution in [-0.4, -0.2) is 65.8 Å². The van der Waals surface area contributed by atoms with Crippen molar-refractivity contribution >= 4 is 27.7 Å². The van der Waals surface area contributed by atoms with E-state index in [4.69, 9.17) is 4.74 Å². The van der Waals surface area contributed by atoms with E-state index in [2.05, 4.69) is 20.5 Å². The molecule has 0 bridgehead atoms. The third kappa shape index (κ3) is 6.44. The average Bonchev–Trinajstić information content (AvgIpc) is 3.10. The zero-order valence-corrected chi connectivity index (χ0v) is 18.7. The fourth-order valence-electron chi connectivity index (χ4n) is 2.55. The lowest BCUT2D eigenvalue weighted by Gasteiger charge is -2.20. The van der Waals surface area contributed by atoms with E-state index in [1.807, 2.05) is 13.8 Å². The zero-order valence-electron chi connectivity index (χ0n) is 17.1. The van der Waals surface area contributed by atoms with Gasteiger partial charge >= 0.3 is 0 Å². The number of likely N-dealkylation sites (N-methyl/N-ethyl adjacent to an activating group) is 1. The maximum absolute atomic E-state index is 12.9. The Morgan fingerprint density at radius 2 is 2.07 bits per heavy atom. The molecule has 2 rings (SSSR count). The number of nitrogens with one attached hydrogen (secondary N) is 2. The SMILES string of the molecule is CCOc1ccc(S(=O)(=O)N(CC)CC(=O)NCCSc2n[nH]c(C)n2)cc1C. The number of hydrogen-bond acceptors (Lipinski definition) is 7. The first-order valence-corrected chi connectivity index (χ1v) is 11.7. The predicted molar refractivity (Wildman–Crippen MR) is 112 cm³/mol. The van der Waals surface area contributed by atoms with Crippen LogP contribution in [0.2, 0.25) is 0 Å². The number of nitrogens with zero attached hydrogens (tertiary/aromatic N) is 3. The number of aromatic amines is 1. The van der Waals surface area contributed by atoms with Crippen LogP contribution in [0.5, 0.6) is 5.75 Å². The van der Waals surface area contributed by atoms with Crippen LogP contribution in [0, 0.1) is 13.8 Å². The Morgan fingerprint density at radius 3 is 2.66 bits per heavy atom. The van der Waals surface area contributed by atoms with E-state index in [0.717, 1.165) is 15.7 Å². The normalized spacial score (nSPS) is 11.6. The molecule has 2 N–H and O–H groups in total. The lowest BCUT2D eigenvalue weighted by molar-refractivity contribution is -0.121. The number of sulfonamides is 1. The molecule has 0 unspecified atom stereocenters. The Labute approximate surface area is 175 Å². The Kier molecular flexibility index (Phi) is 8.47. The monoisotopic (exact) mass is 441 g/mol. The van der Waals surface area contributed by atoms with Crippen molar-refractivity contribution < 1.29 is 17.9 Å². The predicted octanol–water partition coefficient (Wildman–Crippen LogP) is 1.74. The first-order valence-electron chi connectivity index (χ1n) is 9.30. The standard InChI is InChI=1S/C18H27N5O4S2/c1-5-23(12-17(24)19-9-10-28-18-20-14(4)21-22-18)29(25,26)15-7-8-16(27-6-2)13(3)11-15/h7-8,11H,5-6,9-10,12H2,1-4H3,(H,19,24)(H,20,21,22). The van der Waals surface area contributed by atoms with Crippen LogP contribution in [0.15, 0.2) is 28.3 Å². The maximum atomic E-state index is 12.9. The summed E-state index contributed by atoms with van der Waals surface area (Å²) in [5, 5.41) is 10.1. The number of carbonyl (C=O) groups excluding carboxylic acids is 1. The largest absolute Gasteiger partial charge is 0.494 e. The minimum atomic E-state index is -3.78. The molecule has 1 aromatic carbocycles. The molecule has 0 aliphatic carbocycles. The summed E-state index contributed by atoms with van der Waals surface area (Å²) in [6.45, 7) is 8.01. The number of aryl methyl sites for hydroxylation is 2. The summed E-state index contributed by atoms with van der Waals surface area (Å²) in [4.78, 5) is 16.5. The number of benzene rings is 1. The molecule has 0 radical (unpaired) electrons. The number of H-pyrrole nitrogens is 1. The molecule has 0 aliphatic heterocycles. The van der Waals surface area contributed by atoms with E-state index < -0.39 is 10.0 Å². The second kappa shape index (κ2) is 10.6. The fourth-order valence-corrected chi connectivity index (χ4v) is 4.74. The van der Waals surface area contributed by atoms with E-state index in [-0.39, 0.29) is 23.9 Å². The van der Waals surface area contributed by atoms with Gasteiger partial charge in [0.2, 0.25) is 21.1 Å². The van der Waals surface area contributed by atoms with Crippen molar-refractivity contribution in [2.75, 3.05) is 32.0 Å². The summed E-state index contributed by atoms with van der Waals surface area (Å²) in [7, 11) is -3.78. The Morgan fingerprint density at radius 1 is 1.31 bits per heavy atom. The zero-order chi connectivity index (χ0) is 21.4. The highest BCUT2D eigenvalue weighted by molar-refractivity contribution is 7.99. The van der Waals surface area contributed by atoms with Crippen molar-refractivity contribution in [1.82, 2.24) is 24.8 Å². The molecule has 0 spiro atoms. The molecule has 1 aromatic heterocycles. The average molecular weight is 442 g/mol. The van der Waals surface area contributed by atoms with Crippen molar-refractivity contribution in [2.24, 2.45) is 0 Å². The van der Waals surface area contributed by atoms with Crippen LogP contribution < -0.4 is 10.1 Å². The molecule has 1 amide bonds. The molecular formula is C18H27N5O4S2. The summed E-state index contributed by atoms with van der Waals surface area (Å²) in [5.74, 6) is 1.60. The van der Waals surface area contributed by atoms with Gasteiger partial charge in [0.15, 0.2) is 0 Å². The van der Waals surface area contributed by atoms with Gasteiger partial charge in [-0.15, -0.1) is 5.10 Å². The molecule has 160 valence electrons. The smallest absolute Gasteiger partial charge is 0.243 e. The third-order valence-electron chi connectivity index (χ3n) is 3.99. The molecule has 0 aliphatic rings. The lowest BCUT2D eigenvalue weighted by Crippen LogP contribution is -2.41. The van der Waals surface area contributed by atoms with Crippen molar-refractivity contribution in [1.29, 1.82) is 0 Å². The van der Waals surface area contributed by atoms with Crippen molar-refractivity contribution in [3.8, 4) is 5.75 Å². The van der Waals surface area contributed by atoms with Gasteiger partial charge in [-0.2, -0.15) is 4.31 Å². The van der Waals surface area contributed by atoms with Gasteiger partial charge in [-0.05, 0) is 44.5 Å². The summed E-state index contributed by atoms with van der Waals surface area (Å²) < 4.78 is 32.5. The molecule has 1 heterocycles. The van der Waals surface area contributed by atoms with Crippen molar-refractivity contribution in [3.05, 3.63) is 29.6 Å². The number of amides is 1. The van der Waals surface area contributed by atoms with Gasteiger partial charge in [-0.25, -0.2) is 13.4 Å². The van der Waals surface area contributed by atoms with E-state index in [1.165, 1.54) is 17.8 Å². The number of thioether (sulfide) groups is 1. The second-order valence-electron chi connectivity index (χ2n) is 6.19. The van der Waals surface area contributed by atoms with E-state index in [1.54, 1.807) is 26.0 Å². The van der Waals surface area contributed by atoms with Crippen LogP contribution in [0.1, 0.15) is 25.2 Å². The molecule has 29 heavy (non-hydrogen) atoms. The highest BCUT2D eigenvalue weighted by Gasteiger charge is 2.25. The summed E-state index contributed by atoms with van der Waals surface area (Å²) in [6, 6.07) is 4.71. The van der Waals surface area contributed by atoms with Crippen molar-refractivity contribution in [2.45, 2.75) is 37.7 Å². The summed E-state index contributed by atoms with van der Waals surface area (Å²) in [6.07, 6.45) is 0. The number of ether oxygens (including phenoxy) is 1. The highest BCUT2D eigenvalue weighted by Crippen LogP contribution is 2.24. The van der Waals surface area contributed by atoms with Crippen molar-refractivity contribution in [3.63, 3.8) is 0 Å². The van der Waals surface area contributed by atoms with Gasteiger partial charge in [0, 0.05) is 18.8 Å². The molecule has 11 heteroatoms. The number of hydrogen-bond donors (Lipinski definition) is 2. The minimum absolute atomic E-state index is 0.142. The van der Waals surface area contributed by atoms with E-state index in [9.17, 15) is 13.2 Å². The van der Waals surface area contributed by atoms with Crippen LogP contribution in [-0.2, 0) is 14.8 Å². The number of carbonyl (C=O) groups is 1. The van der Waals surface area contributed by atoms with Gasteiger partial charge in [0.1, 0.15) is 11.6 Å². The second-order valence-corrected chi connectivity index (χ2v) is 9.19. The fraction of sp³-hybridized carbons (Fsp3) is 0.500. The minimum Gasteiger partial charge on any atom is -0.494 e. The van der Waals surface area contributed by atoms with Crippen LogP contribution in [0.3, 0.4) is 0 Å². The molecule has 0 fully saturated rings. The molecular weight excluding hydrogens is 414 g/mol. The molecule has 0 atom stereocenters. The van der Waals surface area contributed by atoms with Gasteiger partial charge < -0.3 is 10.1 Å². The molecule has 0 saturated carbocycles.